The number of likely N-dealkylation sites (tertiary alicyclic amines) is 1. The molecule has 1 heterocycles. The van der Waals surface area contributed by atoms with Crippen LogP contribution in [0.5, 0.6) is 0 Å². The molecule has 0 N–H and O–H groups in total. The van der Waals surface area contributed by atoms with Crippen LogP contribution < -0.4 is 0 Å². The number of hydrogen-bond acceptors (Lipinski definition) is 6. The zero-order valence-corrected chi connectivity index (χ0v) is 35.6. The third-order valence-electron chi connectivity index (χ3n) is 11.3. The van der Waals surface area contributed by atoms with Gasteiger partial charge in [-0.2, -0.15) is 0 Å². The molecule has 1 amide bonds. The lowest BCUT2D eigenvalue weighted by molar-refractivity contribution is -0.144. The number of rotatable bonds is 39. The first kappa shape index (κ1) is 49.4. The number of hydrogen-bond donors (Lipinski definition) is 0. The lowest BCUT2D eigenvalue weighted by atomic mass is 9.91. The van der Waals surface area contributed by atoms with Gasteiger partial charge in [0.05, 0.1) is 13.2 Å². The minimum absolute atomic E-state index is 0.0413. The van der Waals surface area contributed by atoms with Crippen LogP contribution in [0.4, 0.5) is 0 Å². The summed E-state index contributed by atoms with van der Waals surface area (Å²) in [5.74, 6) is 0.947. The number of ether oxygens (including phenoxy) is 2. The van der Waals surface area contributed by atoms with Gasteiger partial charge in [-0.3, -0.25) is 14.4 Å². The van der Waals surface area contributed by atoms with Crippen LogP contribution in [0.3, 0.4) is 0 Å². The molecular formula is C46H88N2O5. The Morgan fingerprint density at radius 3 is 1.45 bits per heavy atom. The van der Waals surface area contributed by atoms with Gasteiger partial charge in [-0.25, -0.2) is 0 Å². The van der Waals surface area contributed by atoms with E-state index in [0.717, 1.165) is 109 Å². The maximum Gasteiger partial charge on any atom is 0.305 e. The number of nitrogens with zero attached hydrogens (tertiary/aromatic N) is 2. The van der Waals surface area contributed by atoms with Crippen molar-refractivity contribution in [2.45, 2.75) is 226 Å². The highest BCUT2D eigenvalue weighted by atomic mass is 16.5. The van der Waals surface area contributed by atoms with E-state index in [4.69, 9.17) is 9.47 Å². The van der Waals surface area contributed by atoms with E-state index in [0.29, 0.717) is 32.5 Å². The Bertz CT molecular complexity index is 836. The summed E-state index contributed by atoms with van der Waals surface area (Å²) < 4.78 is 11.1. The van der Waals surface area contributed by atoms with Crippen molar-refractivity contribution in [1.82, 2.24) is 9.80 Å². The molecule has 0 saturated carbocycles. The maximum atomic E-state index is 13.2. The molecule has 0 atom stereocenters. The third-order valence-corrected chi connectivity index (χ3v) is 11.3. The highest BCUT2D eigenvalue weighted by molar-refractivity contribution is 5.76. The Hall–Kier alpha value is -1.63. The highest BCUT2D eigenvalue weighted by Crippen LogP contribution is 2.22. The van der Waals surface area contributed by atoms with E-state index in [-0.39, 0.29) is 17.8 Å². The van der Waals surface area contributed by atoms with Gasteiger partial charge in [0, 0.05) is 38.9 Å². The second-order valence-corrected chi connectivity index (χ2v) is 16.3. The molecule has 1 aliphatic heterocycles. The monoisotopic (exact) mass is 749 g/mol. The van der Waals surface area contributed by atoms with Gasteiger partial charge in [0.2, 0.25) is 5.91 Å². The second-order valence-electron chi connectivity index (χ2n) is 16.3. The van der Waals surface area contributed by atoms with Crippen molar-refractivity contribution in [2.24, 2.45) is 5.92 Å². The summed E-state index contributed by atoms with van der Waals surface area (Å²) in [6, 6.07) is 0. The molecule has 0 bridgehead atoms. The molecule has 0 unspecified atom stereocenters. The Balaban J connectivity index is 2.20. The van der Waals surface area contributed by atoms with Gasteiger partial charge in [0.15, 0.2) is 0 Å². The Labute approximate surface area is 328 Å². The molecule has 53 heavy (non-hydrogen) atoms. The van der Waals surface area contributed by atoms with Gasteiger partial charge >= 0.3 is 11.9 Å². The molecule has 1 fully saturated rings. The fourth-order valence-corrected chi connectivity index (χ4v) is 7.73. The fraction of sp³-hybridized carbons (Fsp3) is 0.935. The van der Waals surface area contributed by atoms with Crippen LogP contribution in [0.2, 0.25) is 0 Å². The van der Waals surface area contributed by atoms with Crippen molar-refractivity contribution < 1.29 is 23.9 Å². The Morgan fingerprint density at radius 1 is 0.491 bits per heavy atom. The summed E-state index contributed by atoms with van der Waals surface area (Å²) in [5.41, 5.74) is 0. The van der Waals surface area contributed by atoms with Crippen molar-refractivity contribution >= 4 is 17.8 Å². The van der Waals surface area contributed by atoms with Crippen molar-refractivity contribution in [3.8, 4) is 0 Å². The molecule has 7 heteroatoms. The number of carbonyl (C=O) groups is 3. The summed E-state index contributed by atoms with van der Waals surface area (Å²) in [5, 5.41) is 0. The molecule has 1 aliphatic rings. The zero-order valence-electron chi connectivity index (χ0n) is 35.6. The van der Waals surface area contributed by atoms with E-state index in [1.54, 1.807) is 0 Å². The lowest BCUT2D eigenvalue weighted by Crippen LogP contribution is -2.35. The van der Waals surface area contributed by atoms with Gasteiger partial charge in [-0.1, -0.05) is 149 Å². The SMILES string of the molecule is CCCCCCCCCCCOC(=O)CCCCCN(CCCCCCCC(=O)OCCCC(CCCCC)CCCCC)C(=O)CCN1CCCC1. The standard InChI is InChI=1S/C46H88N2O5/c1-4-7-10-11-12-13-14-18-28-41-52-45(50)34-23-19-25-39-48(44(49)35-40-47-36-26-27-37-47)38-24-17-15-16-22-33-46(51)53-42-29-32-43(30-20-8-5-2)31-21-9-6-3/h43H,4-42H2,1-3H3. The molecule has 0 aromatic rings. The van der Waals surface area contributed by atoms with Crippen LogP contribution in [-0.2, 0) is 23.9 Å². The molecule has 0 aromatic heterocycles. The van der Waals surface area contributed by atoms with E-state index >= 15 is 0 Å². The minimum atomic E-state index is -0.0733. The topological polar surface area (TPSA) is 76.1 Å². The quantitative estimate of drug-likeness (QED) is 0.0460. The van der Waals surface area contributed by atoms with Crippen molar-refractivity contribution in [3.63, 3.8) is 0 Å². The number of esters is 2. The van der Waals surface area contributed by atoms with Gasteiger partial charge in [-0.05, 0) is 76.8 Å². The first-order valence-electron chi connectivity index (χ1n) is 23.3. The summed E-state index contributed by atoms with van der Waals surface area (Å²) >= 11 is 0. The average molecular weight is 749 g/mol. The number of amides is 1. The third kappa shape index (κ3) is 31.3. The van der Waals surface area contributed by atoms with E-state index in [2.05, 4.69) is 30.6 Å². The van der Waals surface area contributed by atoms with E-state index in [1.807, 2.05) is 0 Å². The Morgan fingerprint density at radius 2 is 0.906 bits per heavy atom. The van der Waals surface area contributed by atoms with Gasteiger partial charge in [0.25, 0.3) is 0 Å². The first-order chi connectivity index (χ1) is 26.0. The molecule has 1 rings (SSSR count). The molecule has 0 radical (unpaired) electrons. The van der Waals surface area contributed by atoms with Gasteiger partial charge in [0.1, 0.15) is 0 Å². The van der Waals surface area contributed by atoms with Crippen molar-refractivity contribution in [1.29, 1.82) is 0 Å². The average Bonchev–Trinajstić information content (AvgIpc) is 3.68. The van der Waals surface area contributed by atoms with Crippen LogP contribution in [0.15, 0.2) is 0 Å². The predicted molar refractivity (Wildman–Crippen MR) is 223 cm³/mol. The summed E-state index contributed by atoms with van der Waals surface area (Å²) in [7, 11) is 0. The van der Waals surface area contributed by atoms with Crippen molar-refractivity contribution in [3.05, 3.63) is 0 Å². The predicted octanol–water partition coefficient (Wildman–Crippen LogP) is 12.4. The largest absolute Gasteiger partial charge is 0.466 e. The van der Waals surface area contributed by atoms with Gasteiger partial charge < -0.3 is 19.3 Å². The van der Waals surface area contributed by atoms with Crippen LogP contribution in [0.1, 0.15) is 226 Å². The van der Waals surface area contributed by atoms with E-state index in [1.165, 1.54) is 116 Å². The van der Waals surface area contributed by atoms with E-state index < -0.39 is 0 Å². The number of unbranched alkanes of at least 4 members (excludes halogenated alkanes) is 18. The summed E-state index contributed by atoms with van der Waals surface area (Å²) in [6.07, 6.45) is 35.9. The summed E-state index contributed by atoms with van der Waals surface area (Å²) in [6.45, 7) is 12.6. The summed E-state index contributed by atoms with van der Waals surface area (Å²) in [4.78, 5) is 42.3. The van der Waals surface area contributed by atoms with Gasteiger partial charge in [-0.15, -0.1) is 0 Å². The molecule has 7 nitrogen and oxygen atoms in total. The van der Waals surface area contributed by atoms with Crippen LogP contribution >= 0.6 is 0 Å². The Kier molecular flexibility index (Phi) is 34.8. The molecule has 0 spiro atoms. The first-order valence-corrected chi connectivity index (χ1v) is 23.3. The van der Waals surface area contributed by atoms with Crippen LogP contribution in [0.25, 0.3) is 0 Å². The van der Waals surface area contributed by atoms with Crippen molar-refractivity contribution in [2.75, 3.05) is 45.9 Å². The lowest BCUT2D eigenvalue weighted by Gasteiger charge is -2.24. The smallest absolute Gasteiger partial charge is 0.305 e. The minimum Gasteiger partial charge on any atom is -0.466 e. The highest BCUT2D eigenvalue weighted by Gasteiger charge is 2.17. The molecule has 0 aliphatic carbocycles. The number of carbonyl (C=O) groups excluding carboxylic acids is 3. The maximum absolute atomic E-state index is 13.2. The van der Waals surface area contributed by atoms with E-state index in [9.17, 15) is 14.4 Å². The zero-order chi connectivity index (χ0) is 38.5. The molecule has 312 valence electrons. The molecule has 0 aromatic carbocycles. The second kappa shape index (κ2) is 37.3. The fourth-order valence-electron chi connectivity index (χ4n) is 7.73. The van der Waals surface area contributed by atoms with Crippen LogP contribution in [-0.4, -0.2) is 73.6 Å². The van der Waals surface area contributed by atoms with Crippen LogP contribution in [0, 0.1) is 5.92 Å². The molecular weight excluding hydrogens is 661 g/mol. The molecule has 1 saturated heterocycles. The normalized spacial score (nSPS) is 13.2.